The summed E-state index contributed by atoms with van der Waals surface area (Å²) in [6.07, 6.45) is 1.59. The predicted octanol–water partition coefficient (Wildman–Crippen LogP) is 2.74. The molecule has 6 nitrogen and oxygen atoms in total. The average Bonchev–Trinajstić information content (AvgIpc) is 2.70. The van der Waals surface area contributed by atoms with Crippen LogP contribution in [-0.2, 0) is 6.54 Å². The summed E-state index contributed by atoms with van der Waals surface area (Å²) in [6, 6.07) is 11.1. The van der Waals surface area contributed by atoms with Crippen molar-refractivity contribution in [1.82, 2.24) is 15.2 Å². The van der Waals surface area contributed by atoms with Crippen LogP contribution in [0.4, 0.5) is 0 Å². The quantitative estimate of drug-likeness (QED) is 0.708. The number of benzene rings is 1. The number of carbonyl (C=O) groups excluding carboxylic acids is 1. The summed E-state index contributed by atoms with van der Waals surface area (Å²) in [4.78, 5) is 18.8. The van der Waals surface area contributed by atoms with Crippen LogP contribution in [0.25, 0.3) is 0 Å². The Bertz CT molecular complexity index is 702. The van der Waals surface area contributed by atoms with Crippen molar-refractivity contribution in [2.75, 3.05) is 33.4 Å². The van der Waals surface area contributed by atoms with Crippen molar-refractivity contribution >= 4 is 5.91 Å². The molecule has 0 atom stereocenters. The fraction of sp³-hybridized carbons (Fsp3) is 0.400. The maximum atomic E-state index is 12.4. The molecule has 1 heterocycles. The van der Waals surface area contributed by atoms with Gasteiger partial charge in [0, 0.05) is 24.8 Å². The van der Waals surface area contributed by atoms with Crippen LogP contribution >= 0.6 is 0 Å². The maximum absolute atomic E-state index is 12.4. The minimum Gasteiger partial charge on any atom is -0.492 e. The minimum atomic E-state index is -0.229. The number of likely N-dealkylation sites (N-methyl/N-ethyl adjacent to an activating group) is 1. The number of amides is 1. The third-order valence-electron chi connectivity index (χ3n) is 4.18. The largest absolute Gasteiger partial charge is 0.492 e. The van der Waals surface area contributed by atoms with Gasteiger partial charge in [0.2, 0.25) is 5.88 Å². The molecule has 26 heavy (non-hydrogen) atoms. The summed E-state index contributed by atoms with van der Waals surface area (Å²) in [7, 11) is 1.50. The number of nitrogens with zero attached hydrogens (tertiary/aromatic N) is 2. The molecule has 1 aromatic heterocycles. The molecule has 0 saturated carbocycles. The predicted molar refractivity (Wildman–Crippen MR) is 102 cm³/mol. The van der Waals surface area contributed by atoms with Gasteiger partial charge < -0.3 is 19.7 Å². The first kappa shape index (κ1) is 19.7. The second-order valence-corrected chi connectivity index (χ2v) is 5.73. The number of rotatable bonds is 10. The van der Waals surface area contributed by atoms with Crippen LogP contribution in [0.15, 0.2) is 42.6 Å². The van der Waals surface area contributed by atoms with Gasteiger partial charge in [0.1, 0.15) is 17.9 Å². The topological polar surface area (TPSA) is 63.7 Å². The van der Waals surface area contributed by atoms with E-state index in [2.05, 4.69) is 29.0 Å². The lowest BCUT2D eigenvalue weighted by atomic mass is 10.2. The van der Waals surface area contributed by atoms with Crippen LogP contribution in [0, 0.1) is 0 Å². The molecule has 0 radical (unpaired) electrons. The summed E-state index contributed by atoms with van der Waals surface area (Å²) in [6.45, 7) is 8.15. The fourth-order valence-electron chi connectivity index (χ4n) is 2.61. The van der Waals surface area contributed by atoms with Gasteiger partial charge in [-0.2, -0.15) is 0 Å². The highest BCUT2D eigenvalue weighted by Crippen LogP contribution is 2.19. The Hall–Kier alpha value is -2.60. The second-order valence-electron chi connectivity index (χ2n) is 5.73. The van der Waals surface area contributed by atoms with Crippen LogP contribution in [0.3, 0.4) is 0 Å². The number of hydrogen-bond acceptors (Lipinski definition) is 5. The van der Waals surface area contributed by atoms with Crippen molar-refractivity contribution in [3.63, 3.8) is 0 Å². The van der Waals surface area contributed by atoms with Crippen molar-refractivity contribution in [2.45, 2.75) is 20.4 Å². The molecule has 2 aromatic rings. The number of hydrogen-bond donors (Lipinski definition) is 1. The maximum Gasteiger partial charge on any atom is 0.257 e. The highest BCUT2D eigenvalue weighted by molar-refractivity contribution is 5.96. The molecule has 1 aromatic carbocycles. The number of para-hydroxylation sites is 1. The summed E-state index contributed by atoms with van der Waals surface area (Å²) < 4.78 is 11.1. The van der Waals surface area contributed by atoms with Gasteiger partial charge in [-0.15, -0.1) is 0 Å². The Kier molecular flexibility index (Phi) is 7.89. The van der Waals surface area contributed by atoms with E-state index in [0.29, 0.717) is 24.6 Å². The lowest BCUT2D eigenvalue weighted by molar-refractivity contribution is 0.0946. The summed E-state index contributed by atoms with van der Waals surface area (Å²) >= 11 is 0. The van der Waals surface area contributed by atoms with E-state index in [0.717, 1.165) is 30.9 Å². The molecule has 1 N–H and O–H groups in total. The molecule has 2 rings (SSSR count). The molecule has 0 aliphatic rings. The van der Waals surface area contributed by atoms with Crippen molar-refractivity contribution in [2.24, 2.45) is 0 Å². The van der Waals surface area contributed by atoms with Gasteiger partial charge in [0.25, 0.3) is 5.91 Å². The van der Waals surface area contributed by atoms with Gasteiger partial charge in [-0.25, -0.2) is 4.98 Å². The van der Waals surface area contributed by atoms with E-state index >= 15 is 0 Å². The standard InChI is InChI=1S/C20H27N3O3/c1-4-23(5-2)13-14-26-18-11-7-6-9-16(18)15-22-19(24)17-10-8-12-21-20(17)25-3/h6-12H,4-5,13-15H2,1-3H3,(H,22,24). The minimum absolute atomic E-state index is 0.229. The van der Waals surface area contributed by atoms with Crippen LogP contribution in [0.5, 0.6) is 11.6 Å². The molecular formula is C20H27N3O3. The summed E-state index contributed by atoms with van der Waals surface area (Å²) in [5.74, 6) is 0.875. The van der Waals surface area contributed by atoms with E-state index in [1.807, 2.05) is 24.3 Å². The third-order valence-corrected chi connectivity index (χ3v) is 4.18. The van der Waals surface area contributed by atoms with Crippen molar-refractivity contribution in [3.05, 3.63) is 53.7 Å². The molecule has 0 fully saturated rings. The number of nitrogens with one attached hydrogen (secondary N) is 1. The molecule has 0 unspecified atom stereocenters. The van der Waals surface area contributed by atoms with E-state index in [1.54, 1.807) is 18.3 Å². The first-order valence-corrected chi connectivity index (χ1v) is 8.89. The highest BCUT2D eigenvalue weighted by Gasteiger charge is 2.13. The summed E-state index contributed by atoms with van der Waals surface area (Å²) in [5.41, 5.74) is 1.35. The van der Waals surface area contributed by atoms with Crippen LogP contribution in [0.2, 0.25) is 0 Å². The van der Waals surface area contributed by atoms with Crippen LogP contribution < -0.4 is 14.8 Å². The van der Waals surface area contributed by atoms with Crippen molar-refractivity contribution in [3.8, 4) is 11.6 Å². The number of pyridine rings is 1. The number of ether oxygens (including phenoxy) is 2. The number of aromatic nitrogens is 1. The molecule has 0 bridgehead atoms. The van der Waals surface area contributed by atoms with E-state index in [9.17, 15) is 4.79 Å². The van der Waals surface area contributed by atoms with Gasteiger partial charge in [-0.05, 0) is 31.3 Å². The number of carbonyl (C=O) groups is 1. The second kappa shape index (κ2) is 10.4. The van der Waals surface area contributed by atoms with E-state index in [-0.39, 0.29) is 5.91 Å². The Morgan fingerprint density at radius 3 is 2.65 bits per heavy atom. The van der Waals surface area contributed by atoms with Crippen molar-refractivity contribution in [1.29, 1.82) is 0 Å². The summed E-state index contributed by atoms with van der Waals surface area (Å²) in [5, 5.41) is 2.90. The van der Waals surface area contributed by atoms with E-state index < -0.39 is 0 Å². The molecule has 0 aliphatic carbocycles. The SMILES string of the molecule is CCN(CC)CCOc1ccccc1CNC(=O)c1cccnc1OC. The zero-order valence-corrected chi connectivity index (χ0v) is 15.7. The zero-order valence-electron chi connectivity index (χ0n) is 15.7. The first-order valence-electron chi connectivity index (χ1n) is 8.89. The average molecular weight is 357 g/mol. The molecule has 140 valence electrons. The van der Waals surface area contributed by atoms with Gasteiger partial charge in [0.05, 0.1) is 7.11 Å². The lowest BCUT2D eigenvalue weighted by Gasteiger charge is -2.19. The van der Waals surface area contributed by atoms with Crippen LogP contribution in [-0.4, -0.2) is 49.1 Å². The van der Waals surface area contributed by atoms with Gasteiger partial charge >= 0.3 is 0 Å². The molecular weight excluding hydrogens is 330 g/mol. The molecule has 1 amide bonds. The normalized spacial score (nSPS) is 10.6. The Labute approximate surface area is 155 Å². The van der Waals surface area contributed by atoms with Gasteiger partial charge in [-0.1, -0.05) is 32.0 Å². The molecule has 0 aliphatic heterocycles. The molecule has 6 heteroatoms. The fourth-order valence-corrected chi connectivity index (χ4v) is 2.61. The Morgan fingerprint density at radius 2 is 1.92 bits per heavy atom. The van der Waals surface area contributed by atoms with Gasteiger partial charge in [-0.3, -0.25) is 4.79 Å². The van der Waals surface area contributed by atoms with Crippen LogP contribution in [0.1, 0.15) is 29.8 Å². The first-order chi connectivity index (χ1) is 12.7. The van der Waals surface area contributed by atoms with E-state index in [4.69, 9.17) is 9.47 Å². The highest BCUT2D eigenvalue weighted by atomic mass is 16.5. The Morgan fingerprint density at radius 1 is 1.15 bits per heavy atom. The monoisotopic (exact) mass is 357 g/mol. The Balaban J connectivity index is 1.96. The number of methoxy groups -OCH3 is 1. The third kappa shape index (κ3) is 5.46. The molecule has 0 saturated heterocycles. The zero-order chi connectivity index (χ0) is 18.8. The lowest BCUT2D eigenvalue weighted by Crippen LogP contribution is -2.28. The molecule has 0 spiro atoms. The van der Waals surface area contributed by atoms with Gasteiger partial charge in [0.15, 0.2) is 0 Å². The van der Waals surface area contributed by atoms with E-state index in [1.165, 1.54) is 7.11 Å². The van der Waals surface area contributed by atoms with Crippen molar-refractivity contribution < 1.29 is 14.3 Å². The smallest absolute Gasteiger partial charge is 0.257 e.